The molecule has 0 aliphatic rings. The van der Waals surface area contributed by atoms with Gasteiger partial charge in [0.05, 0.1) is 10.0 Å². The summed E-state index contributed by atoms with van der Waals surface area (Å²) < 4.78 is 5.73. The van der Waals surface area contributed by atoms with Crippen LogP contribution in [0.25, 0.3) is 0 Å². The first-order valence-electron chi connectivity index (χ1n) is 9.97. The molecule has 0 bridgehead atoms. The molecule has 0 radical (unpaired) electrons. The largest absolute Gasteiger partial charge is 0.484 e. The van der Waals surface area contributed by atoms with E-state index in [1.54, 1.807) is 18.2 Å². The number of carbonyl (C=O) groups is 2. The molecule has 0 heterocycles. The fourth-order valence-corrected chi connectivity index (χ4v) is 3.40. The molecule has 1 atom stereocenters. The van der Waals surface area contributed by atoms with E-state index in [9.17, 15) is 9.59 Å². The van der Waals surface area contributed by atoms with E-state index >= 15 is 0 Å². The van der Waals surface area contributed by atoms with Crippen LogP contribution in [0.2, 0.25) is 10.0 Å². The van der Waals surface area contributed by atoms with Crippen LogP contribution in [0.1, 0.15) is 37.0 Å². The average Bonchev–Trinajstić information content (AvgIpc) is 2.71. The average molecular weight is 451 g/mol. The molecule has 2 aromatic rings. The number of aryl methyl sites for hydroxylation is 2. The highest BCUT2D eigenvalue weighted by atomic mass is 35.5. The highest BCUT2D eigenvalue weighted by Crippen LogP contribution is 2.24. The Hall–Kier alpha value is -2.24. The van der Waals surface area contributed by atoms with E-state index in [0.717, 1.165) is 16.7 Å². The number of hydrogen-bond donors (Lipinski definition) is 1. The molecule has 30 heavy (non-hydrogen) atoms. The topological polar surface area (TPSA) is 58.6 Å². The summed E-state index contributed by atoms with van der Waals surface area (Å²) in [6.07, 6.45) is 0.475. The van der Waals surface area contributed by atoms with E-state index in [0.29, 0.717) is 28.8 Å². The van der Waals surface area contributed by atoms with Crippen molar-refractivity contribution >= 4 is 35.0 Å². The van der Waals surface area contributed by atoms with Crippen LogP contribution < -0.4 is 10.1 Å². The van der Waals surface area contributed by atoms with E-state index in [-0.39, 0.29) is 25.0 Å². The third kappa shape index (κ3) is 6.38. The molecule has 0 unspecified atom stereocenters. The summed E-state index contributed by atoms with van der Waals surface area (Å²) in [4.78, 5) is 27.2. The van der Waals surface area contributed by atoms with Gasteiger partial charge in [0.25, 0.3) is 5.91 Å². The van der Waals surface area contributed by atoms with Gasteiger partial charge < -0.3 is 15.0 Å². The van der Waals surface area contributed by atoms with Crippen LogP contribution >= 0.6 is 23.2 Å². The fraction of sp³-hybridized carbons (Fsp3) is 0.391. The van der Waals surface area contributed by atoms with Gasteiger partial charge in [-0.05, 0) is 68.1 Å². The molecule has 0 spiro atoms. The third-order valence-corrected chi connectivity index (χ3v) is 5.65. The van der Waals surface area contributed by atoms with Crippen LogP contribution in [0.4, 0.5) is 0 Å². The lowest BCUT2D eigenvalue weighted by Gasteiger charge is -2.30. The Balaban J connectivity index is 2.23. The van der Waals surface area contributed by atoms with Crippen LogP contribution in [-0.2, 0) is 16.1 Å². The van der Waals surface area contributed by atoms with E-state index in [1.807, 2.05) is 45.9 Å². The Bertz CT molecular complexity index is 902. The van der Waals surface area contributed by atoms with Gasteiger partial charge in [0.1, 0.15) is 11.8 Å². The van der Waals surface area contributed by atoms with Crippen molar-refractivity contribution in [1.29, 1.82) is 0 Å². The van der Waals surface area contributed by atoms with Gasteiger partial charge in [-0.1, -0.05) is 42.3 Å². The van der Waals surface area contributed by atoms with Gasteiger partial charge in [0.15, 0.2) is 6.61 Å². The minimum atomic E-state index is -0.616. The number of carbonyl (C=O) groups excluding carboxylic acids is 2. The summed E-state index contributed by atoms with van der Waals surface area (Å²) >= 11 is 12.1. The Labute approximate surface area is 188 Å². The zero-order chi connectivity index (χ0) is 22.3. The van der Waals surface area contributed by atoms with Gasteiger partial charge in [0.2, 0.25) is 5.91 Å². The summed E-state index contributed by atoms with van der Waals surface area (Å²) in [7, 11) is 0. The van der Waals surface area contributed by atoms with Crippen molar-refractivity contribution < 1.29 is 14.3 Å². The van der Waals surface area contributed by atoms with Gasteiger partial charge in [-0.3, -0.25) is 9.59 Å². The molecule has 2 aromatic carbocycles. The Morgan fingerprint density at radius 1 is 1.03 bits per heavy atom. The number of ether oxygens (including phenoxy) is 1. The van der Waals surface area contributed by atoms with Crippen LogP contribution in [0.3, 0.4) is 0 Å². The maximum Gasteiger partial charge on any atom is 0.261 e. The number of rotatable bonds is 9. The predicted octanol–water partition coefficient (Wildman–Crippen LogP) is 4.93. The minimum absolute atomic E-state index is 0.167. The van der Waals surface area contributed by atoms with Gasteiger partial charge >= 0.3 is 0 Å². The van der Waals surface area contributed by atoms with Crippen LogP contribution in [0.5, 0.6) is 5.75 Å². The molecular formula is C23H28Cl2N2O3. The summed E-state index contributed by atoms with van der Waals surface area (Å²) in [5, 5.41) is 3.64. The first-order chi connectivity index (χ1) is 14.3. The molecule has 0 saturated heterocycles. The van der Waals surface area contributed by atoms with E-state index in [1.165, 1.54) is 4.90 Å². The van der Waals surface area contributed by atoms with Crippen molar-refractivity contribution in [2.24, 2.45) is 0 Å². The number of nitrogens with one attached hydrogen (secondary N) is 1. The molecule has 0 aliphatic heterocycles. The summed E-state index contributed by atoms with van der Waals surface area (Å²) in [5.41, 5.74) is 3.02. The molecule has 162 valence electrons. The number of hydrogen-bond acceptors (Lipinski definition) is 3. The lowest BCUT2D eigenvalue weighted by atomic mass is 10.1. The lowest BCUT2D eigenvalue weighted by molar-refractivity contribution is -0.142. The van der Waals surface area contributed by atoms with Gasteiger partial charge in [-0.2, -0.15) is 0 Å². The Morgan fingerprint density at radius 2 is 1.77 bits per heavy atom. The second-order valence-electron chi connectivity index (χ2n) is 7.12. The lowest BCUT2D eigenvalue weighted by Crippen LogP contribution is -2.50. The number of halogens is 2. The monoisotopic (exact) mass is 450 g/mol. The number of amides is 2. The van der Waals surface area contributed by atoms with Crippen molar-refractivity contribution in [3.05, 3.63) is 63.1 Å². The third-order valence-electron chi connectivity index (χ3n) is 4.91. The maximum absolute atomic E-state index is 13.1. The molecule has 2 rings (SSSR count). The van der Waals surface area contributed by atoms with E-state index in [2.05, 4.69) is 5.32 Å². The Kier molecular flexibility index (Phi) is 9.00. The van der Waals surface area contributed by atoms with Crippen molar-refractivity contribution in [1.82, 2.24) is 10.2 Å². The highest BCUT2D eigenvalue weighted by molar-refractivity contribution is 6.42. The van der Waals surface area contributed by atoms with Gasteiger partial charge in [0, 0.05) is 13.1 Å². The molecule has 1 N–H and O–H groups in total. The smallest absolute Gasteiger partial charge is 0.261 e. The number of likely N-dealkylation sites (N-methyl/N-ethyl adjacent to an activating group) is 1. The molecule has 0 aromatic heterocycles. The fourth-order valence-electron chi connectivity index (χ4n) is 3.08. The highest BCUT2D eigenvalue weighted by Gasteiger charge is 2.28. The predicted molar refractivity (Wildman–Crippen MR) is 121 cm³/mol. The van der Waals surface area contributed by atoms with Crippen molar-refractivity contribution in [3.8, 4) is 5.75 Å². The van der Waals surface area contributed by atoms with Crippen molar-refractivity contribution in [3.63, 3.8) is 0 Å². The second kappa shape index (κ2) is 11.2. The first-order valence-corrected chi connectivity index (χ1v) is 10.7. The molecule has 5 nitrogen and oxygen atoms in total. The summed E-state index contributed by atoms with van der Waals surface area (Å²) in [6, 6.07) is 10.2. The second-order valence-corrected chi connectivity index (χ2v) is 7.94. The minimum Gasteiger partial charge on any atom is -0.484 e. The molecule has 7 heteroatoms. The van der Waals surface area contributed by atoms with E-state index in [4.69, 9.17) is 27.9 Å². The van der Waals surface area contributed by atoms with Crippen molar-refractivity contribution in [2.45, 2.75) is 46.7 Å². The summed E-state index contributed by atoms with van der Waals surface area (Å²) in [5.74, 6) is 0.143. The first kappa shape index (κ1) is 24.0. The van der Waals surface area contributed by atoms with Crippen LogP contribution in [0.15, 0.2) is 36.4 Å². The SMILES string of the molecule is CCNC(=O)[C@H](CC)N(Cc1ccc(Cl)c(Cl)c1)C(=O)COc1ccc(C)c(C)c1. The van der Waals surface area contributed by atoms with Gasteiger partial charge in [-0.15, -0.1) is 0 Å². The number of nitrogens with zero attached hydrogens (tertiary/aromatic N) is 1. The standard InChI is InChI=1S/C23H28Cl2N2O3/c1-5-21(23(29)26-6-2)27(13-17-8-10-19(24)20(25)12-17)22(28)14-30-18-9-7-15(3)16(4)11-18/h7-12,21H,5-6,13-14H2,1-4H3,(H,26,29)/t21-/m0/s1. The Morgan fingerprint density at radius 3 is 2.37 bits per heavy atom. The summed E-state index contributed by atoms with van der Waals surface area (Å²) in [6.45, 7) is 8.27. The molecule has 0 aliphatic carbocycles. The van der Waals surface area contributed by atoms with Gasteiger partial charge in [-0.25, -0.2) is 0 Å². The molecule has 2 amide bonds. The molecule has 0 fully saturated rings. The quantitative estimate of drug-likeness (QED) is 0.588. The van der Waals surface area contributed by atoms with Crippen LogP contribution in [-0.4, -0.2) is 35.9 Å². The van der Waals surface area contributed by atoms with Crippen molar-refractivity contribution in [2.75, 3.05) is 13.2 Å². The van der Waals surface area contributed by atoms with E-state index < -0.39 is 6.04 Å². The number of benzene rings is 2. The normalized spacial score (nSPS) is 11.7. The molecule has 0 saturated carbocycles. The van der Waals surface area contributed by atoms with Crippen LogP contribution in [0, 0.1) is 13.8 Å². The maximum atomic E-state index is 13.1. The zero-order valence-electron chi connectivity index (χ0n) is 17.8. The zero-order valence-corrected chi connectivity index (χ0v) is 19.3. The molecular weight excluding hydrogens is 423 g/mol.